The normalized spacial score (nSPS) is 9.44. The summed E-state index contributed by atoms with van der Waals surface area (Å²) in [6.45, 7) is 0.292. The Kier molecular flexibility index (Phi) is 16.9. The van der Waals surface area contributed by atoms with Gasteiger partial charge >= 0.3 is 0 Å². The molecule has 108 valence electrons. The summed E-state index contributed by atoms with van der Waals surface area (Å²) in [5.74, 6) is -2.01. The summed E-state index contributed by atoms with van der Waals surface area (Å²) in [4.78, 5) is 19.6. The maximum absolute atomic E-state index is 9.79. The second-order valence-corrected chi connectivity index (χ2v) is 3.81. The first-order valence-corrected chi connectivity index (χ1v) is 6.16. The lowest BCUT2D eigenvalue weighted by molar-refractivity contribution is -0.307. The summed E-state index contributed by atoms with van der Waals surface area (Å²) < 4.78 is 0. The molecule has 2 N–H and O–H groups in total. The van der Waals surface area contributed by atoms with Crippen LogP contribution in [0.15, 0.2) is 0 Å². The molecule has 6 nitrogen and oxygen atoms in total. The third-order valence-corrected chi connectivity index (χ3v) is 2.08. The first-order chi connectivity index (χ1) is 8.54. The standard InChI is InChI=1S/2C6H12O3/c2*7-5-3-1-2-4-6(8)9/h2*7H,1-5H2,(H,8,9)/p-2. The fourth-order valence-corrected chi connectivity index (χ4v) is 1.12. The van der Waals surface area contributed by atoms with Crippen LogP contribution in [-0.4, -0.2) is 35.4 Å². The van der Waals surface area contributed by atoms with Crippen LogP contribution in [-0.2, 0) is 9.59 Å². The summed E-state index contributed by atoms with van der Waals surface area (Å²) in [5.41, 5.74) is 0. The van der Waals surface area contributed by atoms with Crippen LogP contribution in [0.1, 0.15) is 51.4 Å². The highest BCUT2D eigenvalue weighted by Gasteiger charge is 1.87. The maximum atomic E-state index is 9.79. The zero-order valence-electron chi connectivity index (χ0n) is 10.6. The molecule has 0 aliphatic carbocycles. The van der Waals surface area contributed by atoms with Gasteiger partial charge in [0.2, 0.25) is 0 Å². The fraction of sp³-hybridized carbons (Fsp3) is 0.833. The number of aliphatic carboxylic acids is 2. The molecule has 0 aromatic heterocycles. The van der Waals surface area contributed by atoms with Gasteiger partial charge in [0.1, 0.15) is 0 Å². The summed E-state index contributed by atoms with van der Waals surface area (Å²) in [7, 11) is 0. The van der Waals surface area contributed by atoms with E-state index in [1.165, 1.54) is 0 Å². The summed E-state index contributed by atoms with van der Waals surface area (Å²) in [6, 6.07) is 0. The highest BCUT2D eigenvalue weighted by atomic mass is 16.4. The van der Waals surface area contributed by atoms with Crippen molar-refractivity contribution in [3.8, 4) is 0 Å². The number of carboxylic acids is 2. The predicted octanol–water partition coefficient (Wildman–Crippen LogP) is -1.42. The van der Waals surface area contributed by atoms with Gasteiger partial charge in [-0.15, -0.1) is 0 Å². The quantitative estimate of drug-likeness (QED) is 0.466. The van der Waals surface area contributed by atoms with Crippen molar-refractivity contribution in [2.75, 3.05) is 13.2 Å². The molecule has 0 saturated carbocycles. The number of carbonyl (C=O) groups is 2. The van der Waals surface area contributed by atoms with Gasteiger partial charge in [-0.2, -0.15) is 0 Å². The lowest BCUT2D eigenvalue weighted by atomic mass is 10.2. The Labute approximate surface area is 107 Å². The molecule has 0 aliphatic heterocycles. The molecule has 0 saturated heterocycles. The fourth-order valence-electron chi connectivity index (χ4n) is 1.12. The molecule has 0 spiro atoms. The number of carbonyl (C=O) groups excluding carboxylic acids is 2. The topological polar surface area (TPSA) is 121 Å². The Hall–Kier alpha value is -1.14. The molecule has 0 unspecified atom stereocenters. The van der Waals surface area contributed by atoms with Crippen molar-refractivity contribution in [2.24, 2.45) is 0 Å². The van der Waals surface area contributed by atoms with Crippen LogP contribution in [0.4, 0.5) is 0 Å². The minimum Gasteiger partial charge on any atom is -0.550 e. The monoisotopic (exact) mass is 262 g/mol. The second-order valence-electron chi connectivity index (χ2n) is 3.81. The van der Waals surface area contributed by atoms with Gasteiger partial charge in [-0.3, -0.25) is 0 Å². The third kappa shape index (κ3) is 24.2. The molecule has 0 aromatic rings. The van der Waals surface area contributed by atoms with Crippen LogP contribution in [0, 0.1) is 0 Å². The molecular formula is C12H22O6-2. The van der Waals surface area contributed by atoms with Gasteiger partial charge in [-0.1, -0.05) is 12.8 Å². The third-order valence-electron chi connectivity index (χ3n) is 2.08. The Bertz CT molecular complexity index is 183. The first kappa shape index (κ1) is 19.2. The minimum atomic E-state index is -1.01. The highest BCUT2D eigenvalue weighted by molar-refractivity contribution is 5.64. The lowest BCUT2D eigenvalue weighted by Crippen LogP contribution is -2.21. The van der Waals surface area contributed by atoms with Crippen LogP contribution < -0.4 is 10.2 Å². The van der Waals surface area contributed by atoms with E-state index < -0.39 is 11.9 Å². The largest absolute Gasteiger partial charge is 0.550 e. The van der Waals surface area contributed by atoms with Crippen molar-refractivity contribution in [2.45, 2.75) is 51.4 Å². The minimum absolute atomic E-state index is 0.111. The molecule has 18 heavy (non-hydrogen) atoms. The van der Waals surface area contributed by atoms with Crippen molar-refractivity contribution in [1.82, 2.24) is 0 Å². The molecule has 0 atom stereocenters. The molecule has 0 aromatic carbocycles. The highest BCUT2D eigenvalue weighted by Crippen LogP contribution is 1.97. The number of aliphatic hydroxyl groups is 2. The number of hydrogen-bond acceptors (Lipinski definition) is 6. The average Bonchev–Trinajstić information content (AvgIpc) is 2.31. The van der Waals surface area contributed by atoms with Crippen LogP contribution >= 0.6 is 0 Å². The van der Waals surface area contributed by atoms with Crippen LogP contribution in [0.2, 0.25) is 0 Å². The molecular weight excluding hydrogens is 240 g/mol. The molecule has 0 fully saturated rings. The van der Waals surface area contributed by atoms with E-state index in [4.69, 9.17) is 10.2 Å². The van der Waals surface area contributed by atoms with E-state index in [2.05, 4.69) is 0 Å². The Morgan fingerprint density at radius 1 is 0.667 bits per heavy atom. The van der Waals surface area contributed by atoms with Crippen molar-refractivity contribution in [1.29, 1.82) is 0 Å². The van der Waals surface area contributed by atoms with E-state index in [-0.39, 0.29) is 26.1 Å². The van der Waals surface area contributed by atoms with E-state index in [0.717, 1.165) is 12.8 Å². The Morgan fingerprint density at radius 3 is 1.22 bits per heavy atom. The summed E-state index contributed by atoms with van der Waals surface area (Å²) >= 11 is 0. The van der Waals surface area contributed by atoms with Gasteiger partial charge in [0.25, 0.3) is 0 Å². The Balaban J connectivity index is 0. The maximum Gasteiger partial charge on any atom is 0.0431 e. The van der Waals surface area contributed by atoms with Crippen molar-refractivity contribution in [3.05, 3.63) is 0 Å². The smallest absolute Gasteiger partial charge is 0.0431 e. The number of carboxylic acid groups (broad SMARTS) is 2. The van der Waals surface area contributed by atoms with Crippen LogP contribution in [0.3, 0.4) is 0 Å². The van der Waals surface area contributed by atoms with Crippen molar-refractivity contribution >= 4 is 11.9 Å². The van der Waals surface area contributed by atoms with E-state index in [0.29, 0.717) is 25.7 Å². The van der Waals surface area contributed by atoms with Gasteiger partial charge in [-0.05, 0) is 38.5 Å². The second kappa shape index (κ2) is 15.9. The molecule has 0 amide bonds. The molecule has 0 aliphatic rings. The molecule has 0 radical (unpaired) electrons. The summed E-state index contributed by atoms with van der Waals surface area (Å²) in [6.07, 6.45) is 4.36. The van der Waals surface area contributed by atoms with Gasteiger partial charge in [0.05, 0.1) is 0 Å². The number of rotatable bonds is 10. The number of unbranched alkanes of at least 4 members (excludes halogenated alkanes) is 4. The number of aliphatic hydroxyl groups excluding tert-OH is 2. The van der Waals surface area contributed by atoms with E-state index in [1.807, 2.05) is 0 Å². The zero-order valence-corrected chi connectivity index (χ0v) is 10.6. The number of hydrogen-bond donors (Lipinski definition) is 2. The van der Waals surface area contributed by atoms with Gasteiger partial charge < -0.3 is 30.0 Å². The van der Waals surface area contributed by atoms with E-state index in [1.54, 1.807) is 0 Å². The molecule has 0 bridgehead atoms. The van der Waals surface area contributed by atoms with Crippen LogP contribution in [0.5, 0.6) is 0 Å². The lowest BCUT2D eigenvalue weighted by Gasteiger charge is -1.98. The van der Waals surface area contributed by atoms with Gasteiger partial charge in [-0.25, -0.2) is 0 Å². The van der Waals surface area contributed by atoms with Crippen molar-refractivity contribution in [3.63, 3.8) is 0 Å². The summed E-state index contributed by atoms with van der Waals surface area (Å²) in [5, 5.41) is 36.1. The molecule has 0 heterocycles. The van der Waals surface area contributed by atoms with E-state index >= 15 is 0 Å². The van der Waals surface area contributed by atoms with Crippen molar-refractivity contribution < 1.29 is 30.0 Å². The van der Waals surface area contributed by atoms with Crippen LogP contribution in [0.25, 0.3) is 0 Å². The van der Waals surface area contributed by atoms with Gasteiger partial charge in [0, 0.05) is 25.2 Å². The first-order valence-electron chi connectivity index (χ1n) is 6.16. The molecule has 0 rings (SSSR count). The van der Waals surface area contributed by atoms with E-state index in [9.17, 15) is 19.8 Å². The Morgan fingerprint density at radius 2 is 1.00 bits per heavy atom. The average molecular weight is 262 g/mol. The SMILES string of the molecule is O=C([O-])CCCCCO.O=C([O-])CCCCCO. The molecule has 6 heteroatoms. The van der Waals surface area contributed by atoms with Gasteiger partial charge in [0.15, 0.2) is 0 Å². The zero-order chi connectivity index (χ0) is 14.2. The predicted molar refractivity (Wildman–Crippen MR) is 61.1 cm³/mol.